The number of rotatable bonds is 5. The number of hydrogen-bond donors (Lipinski definition) is 2. The molecule has 16 heavy (non-hydrogen) atoms. The van der Waals surface area contributed by atoms with Gasteiger partial charge in [-0.3, -0.25) is 0 Å². The molecular weight excluding hydrogens is 208 g/mol. The highest BCUT2D eigenvalue weighted by Gasteiger charge is 2.40. The first-order chi connectivity index (χ1) is 7.54. The summed E-state index contributed by atoms with van der Waals surface area (Å²) in [4.78, 5) is 0. The van der Waals surface area contributed by atoms with Crippen molar-refractivity contribution in [1.82, 2.24) is 0 Å². The molecule has 0 unspecified atom stereocenters. The third-order valence-electron chi connectivity index (χ3n) is 2.57. The lowest BCUT2D eigenvalue weighted by molar-refractivity contribution is -0.241. The SMILES string of the molecule is COC(OC)[C@@](C)(O)[C@H](O)c1ccccc1. The van der Waals surface area contributed by atoms with Crippen LogP contribution in [-0.4, -0.2) is 36.3 Å². The topological polar surface area (TPSA) is 58.9 Å². The largest absolute Gasteiger partial charge is 0.385 e. The van der Waals surface area contributed by atoms with Crippen LogP contribution in [0.5, 0.6) is 0 Å². The van der Waals surface area contributed by atoms with Crippen LogP contribution in [-0.2, 0) is 9.47 Å². The summed E-state index contributed by atoms with van der Waals surface area (Å²) < 4.78 is 9.95. The average molecular weight is 226 g/mol. The molecule has 0 saturated heterocycles. The summed E-state index contributed by atoms with van der Waals surface area (Å²) in [6.45, 7) is 1.47. The van der Waals surface area contributed by atoms with Crippen LogP contribution in [0, 0.1) is 0 Å². The van der Waals surface area contributed by atoms with E-state index in [-0.39, 0.29) is 0 Å². The van der Waals surface area contributed by atoms with Crippen molar-refractivity contribution in [2.24, 2.45) is 0 Å². The average Bonchev–Trinajstić information content (AvgIpc) is 2.30. The van der Waals surface area contributed by atoms with Gasteiger partial charge in [0.25, 0.3) is 0 Å². The molecule has 0 bridgehead atoms. The third-order valence-corrected chi connectivity index (χ3v) is 2.57. The smallest absolute Gasteiger partial charge is 0.188 e. The van der Waals surface area contributed by atoms with Crippen LogP contribution in [0.4, 0.5) is 0 Å². The Morgan fingerprint density at radius 1 is 1.12 bits per heavy atom. The normalized spacial score (nSPS) is 17.1. The molecule has 2 atom stereocenters. The molecule has 0 aliphatic heterocycles. The number of benzene rings is 1. The van der Waals surface area contributed by atoms with Gasteiger partial charge in [-0.25, -0.2) is 0 Å². The van der Waals surface area contributed by atoms with Gasteiger partial charge in [-0.2, -0.15) is 0 Å². The molecule has 0 spiro atoms. The molecule has 0 aromatic heterocycles. The zero-order chi connectivity index (χ0) is 12.2. The number of methoxy groups -OCH3 is 2. The molecule has 1 rings (SSSR count). The fourth-order valence-electron chi connectivity index (χ4n) is 1.68. The molecule has 2 N–H and O–H groups in total. The minimum absolute atomic E-state index is 0.617. The molecule has 1 aromatic carbocycles. The van der Waals surface area contributed by atoms with Crippen LogP contribution in [0.25, 0.3) is 0 Å². The van der Waals surface area contributed by atoms with Crippen LogP contribution in [0.1, 0.15) is 18.6 Å². The lowest BCUT2D eigenvalue weighted by Crippen LogP contribution is -2.47. The highest BCUT2D eigenvalue weighted by molar-refractivity contribution is 5.20. The molecule has 1 aromatic rings. The Kier molecular flexibility index (Phi) is 4.44. The van der Waals surface area contributed by atoms with Crippen LogP contribution >= 0.6 is 0 Å². The van der Waals surface area contributed by atoms with Gasteiger partial charge in [-0.15, -0.1) is 0 Å². The van der Waals surface area contributed by atoms with Gasteiger partial charge in [0, 0.05) is 14.2 Å². The lowest BCUT2D eigenvalue weighted by atomic mass is 9.92. The summed E-state index contributed by atoms with van der Waals surface area (Å²) in [6, 6.07) is 8.91. The highest BCUT2D eigenvalue weighted by atomic mass is 16.7. The van der Waals surface area contributed by atoms with Gasteiger partial charge in [-0.1, -0.05) is 30.3 Å². The third kappa shape index (κ3) is 2.59. The van der Waals surface area contributed by atoms with Crippen molar-refractivity contribution in [3.05, 3.63) is 35.9 Å². The van der Waals surface area contributed by atoms with E-state index < -0.39 is 18.0 Å². The summed E-state index contributed by atoms with van der Waals surface area (Å²) in [5.74, 6) is 0. The Morgan fingerprint density at radius 2 is 1.62 bits per heavy atom. The van der Waals surface area contributed by atoms with Gasteiger partial charge in [0.2, 0.25) is 0 Å². The van der Waals surface area contributed by atoms with Crippen molar-refractivity contribution >= 4 is 0 Å². The fourth-order valence-corrected chi connectivity index (χ4v) is 1.68. The van der Waals surface area contributed by atoms with Crippen molar-refractivity contribution < 1.29 is 19.7 Å². The Bertz CT molecular complexity index is 306. The van der Waals surface area contributed by atoms with E-state index in [0.717, 1.165) is 0 Å². The van der Waals surface area contributed by atoms with Gasteiger partial charge < -0.3 is 19.7 Å². The standard InChI is InChI=1S/C12H18O4/c1-12(14,11(15-2)16-3)10(13)9-7-5-4-6-8-9/h4-8,10-11,13-14H,1-3H3/t10-,12+/m1/s1. The zero-order valence-corrected chi connectivity index (χ0v) is 9.75. The van der Waals surface area contributed by atoms with E-state index in [1.807, 2.05) is 6.07 Å². The maximum absolute atomic E-state index is 10.2. The maximum atomic E-state index is 10.2. The number of aliphatic hydroxyl groups excluding tert-OH is 1. The molecule has 0 fully saturated rings. The minimum atomic E-state index is -1.51. The Morgan fingerprint density at radius 3 is 2.06 bits per heavy atom. The van der Waals surface area contributed by atoms with Crippen LogP contribution < -0.4 is 0 Å². The summed E-state index contributed by atoms with van der Waals surface area (Å²) in [5.41, 5.74) is -0.892. The van der Waals surface area contributed by atoms with E-state index in [4.69, 9.17) is 9.47 Å². The second-order valence-corrected chi connectivity index (χ2v) is 3.84. The van der Waals surface area contributed by atoms with Gasteiger partial charge in [0.15, 0.2) is 6.29 Å². The van der Waals surface area contributed by atoms with Crippen molar-refractivity contribution in [1.29, 1.82) is 0 Å². The van der Waals surface area contributed by atoms with Crippen LogP contribution in [0.15, 0.2) is 30.3 Å². The van der Waals surface area contributed by atoms with Crippen molar-refractivity contribution in [3.63, 3.8) is 0 Å². The molecular formula is C12H18O4. The van der Waals surface area contributed by atoms with Crippen molar-refractivity contribution in [2.75, 3.05) is 14.2 Å². The zero-order valence-electron chi connectivity index (χ0n) is 9.75. The molecule has 0 aliphatic rings. The van der Waals surface area contributed by atoms with Gasteiger partial charge in [-0.05, 0) is 12.5 Å². The Balaban J connectivity index is 2.91. The van der Waals surface area contributed by atoms with E-state index in [1.165, 1.54) is 21.1 Å². The summed E-state index contributed by atoms with van der Waals surface area (Å²) in [6.07, 6.45) is -1.96. The van der Waals surface area contributed by atoms with Crippen molar-refractivity contribution in [2.45, 2.75) is 24.9 Å². The van der Waals surface area contributed by atoms with E-state index >= 15 is 0 Å². The highest BCUT2D eigenvalue weighted by Crippen LogP contribution is 2.30. The van der Waals surface area contributed by atoms with E-state index in [1.54, 1.807) is 24.3 Å². The molecule has 0 amide bonds. The quantitative estimate of drug-likeness (QED) is 0.738. The first kappa shape index (κ1) is 13.1. The molecule has 0 radical (unpaired) electrons. The second-order valence-electron chi connectivity index (χ2n) is 3.84. The fraction of sp³-hybridized carbons (Fsp3) is 0.500. The number of ether oxygens (including phenoxy) is 2. The van der Waals surface area contributed by atoms with Gasteiger partial charge in [0.1, 0.15) is 11.7 Å². The molecule has 0 saturated carbocycles. The van der Waals surface area contributed by atoms with Crippen LogP contribution in [0.3, 0.4) is 0 Å². The summed E-state index contributed by atoms with van der Waals surface area (Å²) >= 11 is 0. The van der Waals surface area contributed by atoms with Gasteiger partial charge in [0.05, 0.1) is 0 Å². The minimum Gasteiger partial charge on any atom is -0.385 e. The van der Waals surface area contributed by atoms with E-state index in [9.17, 15) is 10.2 Å². The molecule has 4 heteroatoms. The molecule has 4 nitrogen and oxygen atoms in total. The number of hydrogen-bond acceptors (Lipinski definition) is 4. The first-order valence-corrected chi connectivity index (χ1v) is 5.05. The molecule has 90 valence electrons. The second kappa shape index (κ2) is 5.41. The van der Waals surface area contributed by atoms with Crippen molar-refractivity contribution in [3.8, 4) is 0 Å². The predicted molar refractivity (Wildman–Crippen MR) is 59.8 cm³/mol. The van der Waals surface area contributed by atoms with E-state index in [0.29, 0.717) is 5.56 Å². The molecule has 0 aliphatic carbocycles. The Hall–Kier alpha value is -0.940. The molecule has 0 heterocycles. The summed E-state index contributed by atoms with van der Waals surface area (Å²) in [7, 11) is 2.83. The first-order valence-electron chi connectivity index (χ1n) is 5.05. The maximum Gasteiger partial charge on any atom is 0.188 e. The number of aliphatic hydroxyl groups is 2. The lowest BCUT2D eigenvalue weighted by Gasteiger charge is -2.34. The van der Waals surface area contributed by atoms with Crippen LogP contribution in [0.2, 0.25) is 0 Å². The predicted octanol–water partition coefficient (Wildman–Crippen LogP) is 1.09. The van der Waals surface area contributed by atoms with E-state index in [2.05, 4.69) is 0 Å². The monoisotopic (exact) mass is 226 g/mol. The summed E-state index contributed by atoms with van der Waals surface area (Å²) in [5, 5.41) is 20.3. The van der Waals surface area contributed by atoms with Gasteiger partial charge >= 0.3 is 0 Å². The Labute approximate surface area is 95.4 Å².